The summed E-state index contributed by atoms with van der Waals surface area (Å²) < 4.78 is 55.3. The zero-order valence-corrected chi connectivity index (χ0v) is 37.6. The highest BCUT2D eigenvalue weighted by Gasteiger charge is 2.41. The monoisotopic (exact) mass is 891 g/mol. The second-order valence-electron chi connectivity index (χ2n) is 17.0. The predicted octanol–water partition coefficient (Wildman–Crippen LogP) is 7.22. The van der Waals surface area contributed by atoms with Crippen LogP contribution in [0.25, 0.3) is 0 Å². The number of amides is 2. The number of ketones is 1. The summed E-state index contributed by atoms with van der Waals surface area (Å²) in [5.41, 5.74) is 1.34. The number of rotatable bonds is 14. The smallest absolute Gasteiger partial charge is 0.423 e. The zero-order chi connectivity index (χ0) is 44.2. The Morgan fingerprint density at radius 3 is 2.40 bits per heavy atom. The molecule has 2 aromatic heterocycles. The maximum absolute atomic E-state index is 14.2. The Kier molecular flexibility index (Phi) is 14.9. The minimum atomic E-state index is -4.65. The SMILES string of the molecule is CC[C@H](C)C(NC(=O)OC(C)(C)C)C(=O)O[C@H]1C[C@H](Nc2ncncc2C(=O)c2cc([C@@H]3OCCc4ccc(Cl)cc43)c(C)s2)C[C@@H]1COS(=O)(=O)NC(=O)OC(C)(C)C. The lowest BCUT2D eigenvalue weighted by Crippen LogP contribution is -2.48. The van der Waals surface area contributed by atoms with E-state index in [0.717, 1.165) is 28.0 Å². The highest BCUT2D eigenvalue weighted by atomic mass is 35.5. The lowest BCUT2D eigenvalue weighted by Gasteiger charge is -2.28. The van der Waals surface area contributed by atoms with Crippen molar-refractivity contribution >= 4 is 63.0 Å². The van der Waals surface area contributed by atoms with Gasteiger partial charge in [0.2, 0.25) is 5.78 Å². The van der Waals surface area contributed by atoms with Crippen molar-refractivity contribution in [1.82, 2.24) is 20.0 Å². The van der Waals surface area contributed by atoms with Gasteiger partial charge in [-0.2, -0.15) is 13.1 Å². The van der Waals surface area contributed by atoms with E-state index < -0.39 is 76.5 Å². The van der Waals surface area contributed by atoms with E-state index in [2.05, 4.69) is 20.6 Å². The minimum absolute atomic E-state index is 0.139. The van der Waals surface area contributed by atoms with Gasteiger partial charge in [0.25, 0.3) is 0 Å². The van der Waals surface area contributed by atoms with Crippen LogP contribution in [0.15, 0.2) is 36.8 Å². The zero-order valence-electron chi connectivity index (χ0n) is 35.3. The number of halogens is 1. The molecule has 2 aliphatic rings. The van der Waals surface area contributed by atoms with Crippen LogP contribution in [-0.4, -0.2) is 84.9 Å². The molecular weight excluding hydrogens is 838 g/mol. The number of nitrogens with zero attached hydrogens (tertiary/aromatic N) is 2. The molecule has 0 radical (unpaired) electrons. The number of carbonyl (C=O) groups is 4. The molecule has 60 heavy (non-hydrogen) atoms. The predicted molar refractivity (Wildman–Crippen MR) is 224 cm³/mol. The molecule has 3 aromatic rings. The Morgan fingerprint density at radius 1 is 1.02 bits per heavy atom. The van der Waals surface area contributed by atoms with Crippen LogP contribution >= 0.6 is 22.9 Å². The number of ether oxygens (including phenoxy) is 4. The van der Waals surface area contributed by atoms with Gasteiger partial charge in [-0.05, 0) is 102 Å². The van der Waals surface area contributed by atoms with Gasteiger partial charge in [0, 0.05) is 34.5 Å². The largest absolute Gasteiger partial charge is 0.460 e. The third kappa shape index (κ3) is 12.6. The molecule has 19 heteroatoms. The molecule has 1 unspecified atom stereocenters. The van der Waals surface area contributed by atoms with Crippen LogP contribution < -0.4 is 15.4 Å². The standard InChI is InChI=1S/C41H54ClN5O11S2/c1-10-22(2)33(46-38(50)57-40(4,5)6)37(49)56-31-17-27(15-25(31)20-55-60(52,53)47-39(51)58-41(7,8)9)45-36-30(19-43-21-44-36)34(48)32-18-28(23(3)59-32)35-29-16-26(42)12-11-24(29)13-14-54-35/h11-12,16,18-19,21-22,25,27,31,33,35H,10,13-15,17,20H2,1-9H3,(H,46,50)(H,47,51)(H,43,44,45)/t22-,25+,27+,31-,33?,35-/m0/s1. The summed E-state index contributed by atoms with van der Waals surface area (Å²) in [6, 6.07) is 5.96. The molecule has 1 aliphatic carbocycles. The lowest BCUT2D eigenvalue weighted by molar-refractivity contribution is -0.155. The van der Waals surface area contributed by atoms with Gasteiger partial charge < -0.3 is 29.6 Å². The number of aromatic nitrogens is 2. The lowest BCUT2D eigenvalue weighted by atomic mass is 9.93. The van der Waals surface area contributed by atoms with Crippen LogP contribution in [0.4, 0.5) is 15.4 Å². The maximum Gasteiger partial charge on any atom is 0.423 e. The van der Waals surface area contributed by atoms with Gasteiger partial charge in [0.15, 0.2) is 0 Å². The molecule has 0 saturated heterocycles. The van der Waals surface area contributed by atoms with Crippen LogP contribution in [0.1, 0.15) is 118 Å². The molecule has 0 bridgehead atoms. The Morgan fingerprint density at radius 2 is 1.72 bits per heavy atom. The molecule has 1 fully saturated rings. The van der Waals surface area contributed by atoms with Gasteiger partial charge in [0.1, 0.15) is 41.6 Å². The van der Waals surface area contributed by atoms with Crippen LogP contribution in [-0.2, 0) is 44.7 Å². The number of nitrogens with one attached hydrogen (secondary N) is 3. The van der Waals surface area contributed by atoms with E-state index in [1.165, 1.54) is 23.9 Å². The van der Waals surface area contributed by atoms with Gasteiger partial charge in [-0.1, -0.05) is 37.9 Å². The first-order valence-corrected chi connectivity index (χ1v) is 22.3. The van der Waals surface area contributed by atoms with Crippen molar-refractivity contribution in [2.45, 2.75) is 123 Å². The second-order valence-corrected chi connectivity index (χ2v) is 20.0. The number of carbonyl (C=O) groups excluding carboxylic acids is 4. The Balaban J connectivity index is 1.37. The van der Waals surface area contributed by atoms with Crippen molar-refractivity contribution in [3.05, 3.63) is 73.8 Å². The molecule has 1 saturated carbocycles. The summed E-state index contributed by atoms with van der Waals surface area (Å²) in [6.45, 7) is 15.4. The summed E-state index contributed by atoms with van der Waals surface area (Å²) in [4.78, 5) is 62.9. The third-order valence-electron chi connectivity index (χ3n) is 9.89. The fourth-order valence-electron chi connectivity index (χ4n) is 6.93. The number of hydrogen-bond donors (Lipinski definition) is 3. The number of aryl methyl sites for hydroxylation is 1. The fourth-order valence-corrected chi connectivity index (χ4v) is 8.78. The number of esters is 1. The highest BCUT2D eigenvalue weighted by Crippen LogP contribution is 2.40. The molecular formula is C41H54ClN5O11S2. The molecule has 328 valence electrons. The summed E-state index contributed by atoms with van der Waals surface area (Å²) in [5, 5.41) is 6.51. The van der Waals surface area contributed by atoms with E-state index in [9.17, 15) is 27.6 Å². The molecule has 0 spiro atoms. The average molecular weight is 892 g/mol. The van der Waals surface area contributed by atoms with Crippen LogP contribution in [0.2, 0.25) is 5.02 Å². The minimum Gasteiger partial charge on any atom is -0.460 e. The van der Waals surface area contributed by atoms with E-state index in [1.54, 1.807) is 53.2 Å². The fraction of sp³-hybridized carbons (Fsp3) is 0.561. The molecule has 3 heterocycles. The van der Waals surface area contributed by atoms with Crippen molar-refractivity contribution < 1.29 is 50.7 Å². The average Bonchev–Trinajstić information content (AvgIpc) is 3.72. The topological polar surface area (TPSA) is 210 Å². The van der Waals surface area contributed by atoms with Gasteiger partial charge in [-0.3, -0.25) is 8.98 Å². The number of alkyl carbamates (subject to hydrolysis) is 1. The van der Waals surface area contributed by atoms with Crippen molar-refractivity contribution in [2.24, 2.45) is 11.8 Å². The third-order valence-corrected chi connectivity index (χ3v) is 12.1. The Hall–Kier alpha value is -4.36. The summed E-state index contributed by atoms with van der Waals surface area (Å²) >= 11 is 7.68. The summed E-state index contributed by atoms with van der Waals surface area (Å²) in [5.74, 6) is -1.97. The van der Waals surface area contributed by atoms with Crippen LogP contribution in [0, 0.1) is 18.8 Å². The maximum atomic E-state index is 14.2. The van der Waals surface area contributed by atoms with E-state index in [-0.39, 0.29) is 35.9 Å². The number of anilines is 1. The number of hydrogen-bond acceptors (Lipinski definition) is 15. The van der Waals surface area contributed by atoms with Gasteiger partial charge >= 0.3 is 28.5 Å². The highest BCUT2D eigenvalue weighted by molar-refractivity contribution is 7.85. The van der Waals surface area contributed by atoms with Gasteiger partial charge in [0.05, 0.1) is 23.7 Å². The Labute approximate surface area is 360 Å². The normalized spacial score (nSPS) is 20.3. The van der Waals surface area contributed by atoms with Crippen molar-refractivity contribution in [3.8, 4) is 0 Å². The van der Waals surface area contributed by atoms with Crippen LogP contribution in [0.3, 0.4) is 0 Å². The van der Waals surface area contributed by atoms with Crippen molar-refractivity contribution in [1.29, 1.82) is 0 Å². The van der Waals surface area contributed by atoms with Gasteiger partial charge in [-0.25, -0.2) is 24.4 Å². The van der Waals surface area contributed by atoms with E-state index in [0.29, 0.717) is 22.9 Å². The molecule has 3 N–H and O–H groups in total. The number of benzene rings is 1. The molecule has 16 nitrogen and oxygen atoms in total. The molecule has 2 amide bonds. The summed E-state index contributed by atoms with van der Waals surface area (Å²) in [6.07, 6.45) is 0.943. The first kappa shape index (κ1) is 46.7. The van der Waals surface area contributed by atoms with Gasteiger partial charge in [-0.15, -0.1) is 11.3 Å². The quantitative estimate of drug-likeness (QED) is 0.0829. The van der Waals surface area contributed by atoms with Crippen molar-refractivity contribution in [2.75, 3.05) is 18.5 Å². The first-order valence-electron chi connectivity index (χ1n) is 19.7. The number of fused-ring (bicyclic) bond motifs is 1. The Bertz CT molecular complexity index is 2170. The van der Waals surface area contributed by atoms with Crippen LogP contribution in [0.5, 0.6) is 0 Å². The summed E-state index contributed by atoms with van der Waals surface area (Å²) in [7, 11) is -4.65. The van der Waals surface area contributed by atoms with E-state index in [4.69, 9.17) is 34.7 Å². The molecule has 6 atom stereocenters. The van der Waals surface area contributed by atoms with E-state index >= 15 is 0 Å². The molecule has 1 aromatic carbocycles. The number of thiophene rings is 1. The van der Waals surface area contributed by atoms with E-state index in [1.807, 2.05) is 38.1 Å². The molecule has 5 rings (SSSR count). The molecule has 1 aliphatic heterocycles. The second kappa shape index (κ2) is 19.1. The first-order chi connectivity index (χ1) is 28.0. The van der Waals surface area contributed by atoms with Crippen molar-refractivity contribution in [3.63, 3.8) is 0 Å².